The van der Waals surface area contributed by atoms with E-state index in [1.807, 2.05) is 0 Å². The zero-order chi connectivity index (χ0) is 13.2. The van der Waals surface area contributed by atoms with Crippen LogP contribution in [0.3, 0.4) is 0 Å². The van der Waals surface area contributed by atoms with Crippen LogP contribution >= 0.6 is 0 Å². The number of anilines is 1. The highest BCUT2D eigenvalue weighted by Gasteiger charge is 2.30. The Labute approximate surface area is 104 Å². The van der Waals surface area contributed by atoms with Crippen LogP contribution in [0.4, 0.5) is 19.0 Å². The average molecular weight is 259 g/mol. The third-order valence-corrected chi connectivity index (χ3v) is 3.19. The first-order valence-corrected chi connectivity index (χ1v) is 6.00. The minimum Gasteiger partial charge on any atom is -0.366 e. The molecule has 1 saturated heterocycles. The fraction of sp³-hybridized carbons (Fsp3) is 0.583. The number of hydrogen-bond donors (Lipinski definition) is 2. The summed E-state index contributed by atoms with van der Waals surface area (Å²) in [5.41, 5.74) is -0.720. The maximum Gasteiger partial charge on any atom is 0.417 e. The standard InChI is InChI=1S/C12H16F3N3/c1-8-10(3-2-6-16-8)18-11-5-4-9(7-17-11)12(13,14)15/h4-5,7-8,10,16H,2-3,6H2,1H3,(H,17,18)/t8-,10+/m0/s1. The molecule has 0 spiro atoms. The lowest BCUT2D eigenvalue weighted by molar-refractivity contribution is -0.137. The Morgan fingerprint density at radius 2 is 2.17 bits per heavy atom. The number of nitrogens with one attached hydrogen (secondary N) is 2. The number of nitrogens with zero attached hydrogens (tertiary/aromatic N) is 1. The van der Waals surface area contributed by atoms with Crippen LogP contribution in [0.1, 0.15) is 25.3 Å². The highest BCUT2D eigenvalue weighted by Crippen LogP contribution is 2.29. The monoisotopic (exact) mass is 259 g/mol. The van der Waals surface area contributed by atoms with Gasteiger partial charge in [0.05, 0.1) is 5.56 Å². The zero-order valence-corrected chi connectivity index (χ0v) is 10.1. The first-order chi connectivity index (χ1) is 8.47. The summed E-state index contributed by atoms with van der Waals surface area (Å²) in [6.07, 6.45) is -1.41. The van der Waals surface area contributed by atoms with Crippen LogP contribution in [0.25, 0.3) is 0 Å². The van der Waals surface area contributed by atoms with Crippen molar-refractivity contribution in [2.45, 2.75) is 38.0 Å². The Kier molecular flexibility index (Phi) is 3.75. The van der Waals surface area contributed by atoms with E-state index >= 15 is 0 Å². The predicted molar refractivity (Wildman–Crippen MR) is 63.3 cm³/mol. The van der Waals surface area contributed by atoms with Crippen molar-refractivity contribution in [1.29, 1.82) is 0 Å². The lowest BCUT2D eigenvalue weighted by Crippen LogP contribution is -2.46. The molecule has 0 bridgehead atoms. The third-order valence-electron chi connectivity index (χ3n) is 3.19. The maximum absolute atomic E-state index is 12.4. The highest BCUT2D eigenvalue weighted by molar-refractivity contribution is 5.37. The summed E-state index contributed by atoms with van der Waals surface area (Å²) in [6, 6.07) is 2.94. The molecule has 0 amide bonds. The molecule has 0 radical (unpaired) electrons. The van der Waals surface area contributed by atoms with Gasteiger partial charge in [-0.2, -0.15) is 13.2 Å². The molecule has 0 saturated carbocycles. The predicted octanol–water partition coefficient (Wildman–Crippen LogP) is 2.65. The van der Waals surface area contributed by atoms with E-state index in [2.05, 4.69) is 22.5 Å². The lowest BCUT2D eigenvalue weighted by Gasteiger charge is -2.31. The summed E-state index contributed by atoms with van der Waals surface area (Å²) in [5, 5.41) is 6.49. The molecule has 2 N–H and O–H groups in total. The van der Waals surface area contributed by atoms with E-state index in [0.717, 1.165) is 31.6 Å². The zero-order valence-electron chi connectivity index (χ0n) is 10.1. The van der Waals surface area contributed by atoms with Crippen LogP contribution < -0.4 is 10.6 Å². The topological polar surface area (TPSA) is 37.0 Å². The van der Waals surface area contributed by atoms with Crippen molar-refractivity contribution in [3.05, 3.63) is 23.9 Å². The first-order valence-electron chi connectivity index (χ1n) is 6.00. The van der Waals surface area contributed by atoms with Crippen molar-refractivity contribution in [3.8, 4) is 0 Å². The van der Waals surface area contributed by atoms with E-state index in [4.69, 9.17) is 0 Å². The summed E-state index contributed by atoms with van der Waals surface area (Å²) < 4.78 is 37.1. The SMILES string of the molecule is C[C@@H]1NCCC[C@H]1Nc1ccc(C(F)(F)F)cn1. The summed E-state index contributed by atoms with van der Waals surface area (Å²) in [4.78, 5) is 3.81. The summed E-state index contributed by atoms with van der Waals surface area (Å²) >= 11 is 0. The molecule has 2 heterocycles. The Morgan fingerprint density at radius 3 is 2.72 bits per heavy atom. The highest BCUT2D eigenvalue weighted by atomic mass is 19.4. The van der Waals surface area contributed by atoms with Gasteiger partial charge in [0.15, 0.2) is 0 Å². The number of halogens is 3. The van der Waals surface area contributed by atoms with Gasteiger partial charge in [0.25, 0.3) is 0 Å². The Bertz CT molecular complexity index is 389. The van der Waals surface area contributed by atoms with E-state index in [1.165, 1.54) is 6.07 Å². The average Bonchev–Trinajstić information content (AvgIpc) is 2.32. The van der Waals surface area contributed by atoms with Crippen LogP contribution in [0.5, 0.6) is 0 Å². The Hall–Kier alpha value is -1.30. The molecule has 1 aromatic rings. The number of pyridine rings is 1. The molecule has 0 aliphatic carbocycles. The smallest absolute Gasteiger partial charge is 0.366 e. The second kappa shape index (κ2) is 5.14. The number of hydrogen-bond acceptors (Lipinski definition) is 3. The summed E-state index contributed by atoms with van der Waals surface area (Å²) in [7, 11) is 0. The number of alkyl halides is 3. The van der Waals surface area contributed by atoms with Gasteiger partial charge in [0.2, 0.25) is 0 Å². The molecule has 100 valence electrons. The van der Waals surface area contributed by atoms with Crippen LogP contribution in [0.15, 0.2) is 18.3 Å². The molecule has 1 aromatic heterocycles. The number of rotatable bonds is 2. The van der Waals surface area contributed by atoms with Gasteiger partial charge in [0, 0.05) is 18.3 Å². The van der Waals surface area contributed by atoms with Gasteiger partial charge in [-0.05, 0) is 38.4 Å². The maximum atomic E-state index is 12.4. The van der Waals surface area contributed by atoms with E-state index < -0.39 is 11.7 Å². The summed E-state index contributed by atoms with van der Waals surface area (Å²) in [5.74, 6) is 0.489. The quantitative estimate of drug-likeness (QED) is 0.857. The van der Waals surface area contributed by atoms with Gasteiger partial charge in [-0.3, -0.25) is 0 Å². The molecule has 18 heavy (non-hydrogen) atoms. The van der Waals surface area contributed by atoms with Crippen molar-refractivity contribution in [1.82, 2.24) is 10.3 Å². The van der Waals surface area contributed by atoms with E-state index in [9.17, 15) is 13.2 Å². The molecule has 6 heteroatoms. The molecule has 3 nitrogen and oxygen atoms in total. The van der Waals surface area contributed by atoms with E-state index in [-0.39, 0.29) is 6.04 Å². The molecule has 0 unspecified atom stereocenters. The second-order valence-corrected chi connectivity index (χ2v) is 4.57. The van der Waals surface area contributed by atoms with Gasteiger partial charge in [-0.1, -0.05) is 0 Å². The van der Waals surface area contributed by atoms with Crippen molar-refractivity contribution >= 4 is 5.82 Å². The molecule has 2 atom stereocenters. The van der Waals surface area contributed by atoms with Gasteiger partial charge in [0.1, 0.15) is 5.82 Å². The molecule has 1 aliphatic heterocycles. The minimum absolute atomic E-state index is 0.211. The lowest BCUT2D eigenvalue weighted by atomic mass is 10.00. The van der Waals surface area contributed by atoms with Gasteiger partial charge < -0.3 is 10.6 Å². The number of aromatic nitrogens is 1. The van der Waals surface area contributed by atoms with Gasteiger partial charge >= 0.3 is 6.18 Å². The molecular weight excluding hydrogens is 243 g/mol. The van der Waals surface area contributed by atoms with Crippen molar-refractivity contribution in [3.63, 3.8) is 0 Å². The van der Waals surface area contributed by atoms with Crippen LogP contribution in [-0.4, -0.2) is 23.6 Å². The van der Waals surface area contributed by atoms with Crippen molar-refractivity contribution in [2.24, 2.45) is 0 Å². The molecular formula is C12H16F3N3. The fourth-order valence-corrected chi connectivity index (χ4v) is 2.08. The van der Waals surface area contributed by atoms with Gasteiger partial charge in [-0.15, -0.1) is 0 Å². The van der Waals surface area contributed by atoms with Crippen LogP contribution in [0, 0.1) is 0 Å². The fourth-order valence-electron chi connectivity index (χ4n) is 2.08. The van der Waals surface area contributed by atoms with Crippen LogP contribution in [-0.2, 0) is 6.18 Å². The Morgan fingerprint density at radius 1 is 1.39 bits per heavy atom. The van der Waals surface area contributed by atoms with Gasteiger partial charge in [-0.25, -0.2) is 4.98 Å². The number of piperidine rings is 1. The van der Waals surface area contributed by atoms with E-state index in [0.29, 0.717) is 11.9 Å². The molecule has 1 fully saturated rings. The third kappa shape index (κ3) is 3.13. The minimum atomic E-state index is -4.33. The Balaban J connectivity index is 2.02. The van der Waals surface area contributed by atoms with Crippen molar-refractivity contribution < 1.29 is 13.2 Å². The van der Waals surface area contributed by atoms with E-state index in [1.54, 1.807) is 0 Å². The molecule has 1 aliphatic rings. The summed E-state index contributed by atoms with van der Waals surface area (Å²) in [6.45, 7) is 3.04. The molecule has 0 aromatic carbocycles. The first kappa shape index (κ1) is 13.1. The largest absolute Gasteiger partial charge is 0.417 e. The second-order valence-electron chi connectivity index (χ2n) is 4.57. The van der Waals surface area contributed by atoms with Crippen molar-refractivity contribution in [2.75, 3.05) is 11.9 Å². The molecule has 2 rings (SSSR count). The van der Waals surface area contributed by atoms with Crippen LogP contribution in [0.2, 0.25) is 0 Å². The normalized spacial score (nSPS) is 24.9.